The summed E-state index contributed by atoms with van der Waals surface area (Å²) in [6.07, 6.45) is 1.41. The fraction of sp³-hybridized carbons (Fsp3) is 0.409. The molecule has 0 bridgehead atoms. The maximum absolute atomic E-state index is 12.4. The van der Waals surface area contributed by atoms with E-state index in [9.17, 15) is 4.79 Å². The molecule has 3 rings (SSSR count). The molecule has 144 valence electrons. The topological polar surface area (TPSA) is 41.6 Å². The number of nitrogens with one attached hydrogen (secondary N) is 1. The third kappa shape index (κ3) is 5.98. The number of piperidine rings is 1. The largest absolute Gasteiger partial charge is 0.481 e. The lowest BCUT2D eigenvalue weighted by Gasteiger charge is -2.32. The van der Waals surface area contributed by atoms with Gasteiger partial charge in [-0.3, -0.25) is 9.69 Å². The van der Waals surface area contributed by atoms with Crippen molar-refractivity contribution in [2.45, 2.75) is 45.4 Å². The first-order chi connectivity index (χ1) is 13.0. The number of carbonyl (C=O) groups excluding carboxylic acids is 1. The summed E-state index contributed by atoms with van der Waals surface area (Å²) < 4.78 is 5.75. The molecule has 1 unspecified atom stereocenters. The number of aryl methyl sites for hydroxylation is 1. The first-order valence-electron chi connectivity index (χ1n) is 9.50. The Morgan fingerprint density at radius 1 is 1.15 bits per heavy atom. The molecule has 2 aromatic carbocycles. The monoisotopic (exact) mass is 386 g/mol. The van der Waals surface area contributed by atoms with Crippen LogP contribution in [-0.4, -0.2) is 36.0 Å². The van der Waals surface area contributed by atoms with Crippen LogP contribution in [0.1, 0.15) is 30.9 Å². The van der Waals surface area contributed by atoms with Crippen molar-refractivity contribution in [3.05, 3.63) is 64.7 Å². The van der Waals surface area contributed by atoms with Crippen LogP contribution in [-0.2, 0) is 11.3 Å². The van der Waals surface area contributed by atoms with Gasteiger partial charge in [0, 0.05) is 30.7 Å². The van der Waals surface area contributed by atoms with Gasteiger partial charge in [-0.2, -0.15) is 0 Å². The predicted octanol–water partition coefficient (Wildman–Crippen LogP) is 4.20. The summed E-state index contributed by atoms with van der Waals surface area (Å²) in [6.45, 7) is 6.69. The molecule has 0 aliphatic carbocycles. The second-order valence-electron chi connectivity index (χ2n) is 7.26. The first kappa shape index (κ1) is 19.7. The first-order valence-corrected chi connectivity index (χ1v) is 9.88. The number of benzene rings is 2. The number of halogens is 1. The van der Waals surface area contributed by atoms with Crippen LogP contribution in [0.2, 0.25) is 5.02 Å². The smallest absolute Gasteiger partial charge is 0.260 e. The molecule has 4 nitrogen and oxygen atoms in total. The summed E-state index contributed by atoms with van der Waals surface area (Å²) in [7, 11) is 0. The molecule has 0 radical (unpaired) electrons. The molecule has 0 aromatic heterocycles. The lowest BCUT2D eigenvalue weighted by molar-refractivity contribution is -0.128. The Hall–Kier alpha value is -2.04. The number of hydrogen-bond acceptors (Lipinski definition) is 3. The highest BCUT2D eigenvalue weighted by Gasteiger charge is 2.23. The van der Waals surface area contributed by atoms with Gasteiger partial charge in [0.15, 0.2) is 6.10 Å². The highest BCUT2D eigenvalue weighted by Crippen LogP contribution is 2.17. The molecule has 1 amide bonds. The number of amides is 1. The van der Waals surface area contributed by atoms with Gasteiger partial charge in [0.1, 0.15) is 5.75 Å². The van der Waals surface area contributed by atoms with E-state index < -0.39 is 6.10 Å². The number of rotatable bonds is 6. The Bertz CT molecular complexity index is 738. The van der Waals surface area contributed by atoms with Gasteiger partial charge in [-0.1, -0.05) is 41.4 Å². The highest BCUT2D eigenvalue weighted by atomic mass is 35.5. The zero-order valence-electron chi connectivity index (χ0n) is 16.0. The van der Waals surface area contributed by atoms with E-state index in [1.54, 1.807) is 6.92 Å². The van der Waals surface area contributed by atoms with E-state index >= 15 is 0 Å². The molecule has 1 N–H and O–H groups in total. The van der Waals surface area contributed by atoms with Crippen molar-refractivity contribution < 1.29 is 9.53 Å². The molecule has 1 saturated heterocycles. The number of nitrogens with zero attached hydrogens (tertiary/aromatic N) is 1. The van der Waals surface area contributed by atoms with E-state index in [1.165, 1.54) is 11.1 Å². The van der Waals surface area contributed by atoms with Gasteiger partial charge in [0.25, 0.3) is 5.91 Å². The average molecular weight is 387 g/mol. The van der Waals surface area contributed by atoms with Gasteiger partial charge in [-0.25, -0.2) is 0 Å². The Morgan fingerprint density at radius 2 is 1.78 bits per heavy atom. The van der Waals surface area contributed by atoms with Crippen LogP contribution in [0.25, 0.3) is 0 Å². The standard InChI is InChI=1S/C22H27ClN2O2/c1-16-3-9-21(10-4-16)27-17(2)22(26)24-20-11-13-25(14-12-20)15-18-5-7-19(23)8-6-18/h3-10,17,20H,11-15H2,1-2H3,(H,24,26). The zero-order chi connectivity index (χ0) is 19.2. The van der Waals surface area contributed by atoms with Gasteiger partial charge in [-0.15, -0.1) is 0 Å². The van der Waals surface area contributed by atoms with Crippen molar-refractivity contribution in [2.24, 2.45) is 0 Å². The maximum Gasteiger partial charge on any atom is 0.260 e. The average Bonchev–Trinajstić information content (AvgIpc) is 2.67. The van der Waals surface area contributed by atoms with Crippen LogP contribution in [0.3, 0.4) is 0 Å². The third-order valence-corrected chi connectivity index (χ3v) is 5.21. The zero-order valence-corrected chi connectivity index (χ0v) is 16.7. The minimum absolute atomic E-state index is 0.0493. The number of likely N-dealkylation sites (tertiary alicyclic amines) is 1. The molecular formula is C22H27ClN2O2. The van der Waals surface area contributed by atoms with Crippen LogP contribution in [0, 0.1) is 6.92 Å². The molecule has 1 fully saturated rings. The van der Waals surface area contributed by atoms with Crippen molar-refractivity contribution in [1.29, 1.82) is 0 Å². The molecule has 0 spiro atoms. The fourth-order valence-electron chi connectivity index (χ4n) is 3.28. The quantitative estimate of drug-likeness (QED) is 0.809. The van der Waals surface area contributed by atoms with E-state index in [0.29, 0.717) is 0 Å². The molecule has 27 heavy (non-hydrogen) atoms. The Balaban J connectivity index is 1.42. The van der Waals surface area contributed by atoms with Crippen molar-refractivity contribution in [2.75, 3.05) is 13.1 Å². The molecule has 1 aliphatic heterocycles. The normalized spacial score (nSPS) is 16.7. The van der Waals surface area contributed by atoms with Crippen LogP contribution >= 0.6 is 11.6 Å². The van der Waals surface area contributed by atoms with Crippen LogP contribution in [0.5, 0.6) is 5.75 Å². The van der Waals surface area contributed by atoms with Crippen molar-refractivity contribution in [1.82, 2.24) is 10.2 Å². The van der Waals surface area contributed by atoms with E-state index in [4.69, 9.17) is 16.3 Å². The van der Waals surface area contributed by atoms with Crippen LogP contribution < -0.4 is 10.1 Å². The van der Waals surface area contributed by atoms with Crippen LogP contribution in [0.4, 0.5) is 0 Å². The molecule has 2 aromatic rings. The molecule has 1 atom stereocenters. The highest BCUT2D eigenvalue weighted by molar-refractivity contribution is 6.30. The SMILES string of the molecule is Cc1ccc(OC(C)C(=O)NC2CCN(Cc3ccc(Cl)cc3)CC2)cc1. The van der Waals surface area contributed by atoms with Gasteiger partial charge >= 0.3 is 0 Å². The minimum atomic E-state index is -0.500. The van der Waals surface area contributed by atoms with Crippen molar-refractivity contribution in [3.63, 3.8) is 0 Å². The number of hydrogen-bond donors (Lipinski definition) is 1. The molecule has 5 heteroatoms. The number of ether oxygens (including phenoxy) is 1. The van der Waals surface area contributed by atoms with Crippen LogP contribution in [0.15, 0.2) is 48.5 Å². The number of carbonyl (C=O) groups is 1. The maximum atomic E-state index is 12.4. The summed E-state index contributed by atoms with van der Waals surface area (Å²) in [5.74, 6) is 0.674. The molecular weight excluding hydrogens is 360 g/mol. The molecule has 1 heterocycles. The van der Waals surface area contributed by atoms with Crippen molar-refractivity contribution >= 4 is 17.5 Å². The van der Waals surface area contributed by atoms with E-state index in [1.807, 2.05) is 43.3 Å². The summed E-state index contributed by atoms with van der Waals surface area (Å²) in [5.41, 5.74) is 2.44. The predicted molar refractivity (Wildman–Crippen MR) is 109 cm³/mol. The third-order valence-electron chi connectivity index (χ3n) is 4.96. The van der Waals surface area contributed by atoms with Gasteiger partial charge in [0.2, 0.25) is 0 Å². The van der Waals surface area contributed by atoms with Crippen molar-refractivity contribution in [3.8, 4) is 5.75 Å². The lowest BCUT2D eigenvalue weighted by Crippen LogP contribution is -2.47. The summed E-state index contributed by atoms with van der Waals surface area (Å²) in [6, 6.07) is 16.0. The second kappa shape index (κ2) is 9.25. The lowest BCUT2D eigenvalue weighted by atomic mass is 10.0. The summed E-state index contributed by atoms with van der Waals surface area (Å²) in [4.78, 5) is 14.8. The summed E-state index contributed by atoms with van der Waals surface area (Å²) >= 11 is 5.94. The summed E-state index contributed by atoms with van der Waals surface area (Å²) in [5, 5.41) is 3.90. The Morgan fingerprint density at radius 3 is 2.41 bits per heavy atom. The Labute approximate surface area is 166 Å². The fourth-order valence-corrected chi connectivity index (χ4v) is 3.40. The molecule has 1 aliphatic rings. The van der Waals surface area contributed by atoms with Gasteiger partial charge in [-0.05, 0) is 56.5 Å². The van der Waals surface area contributed by atoms with E-state index in [0.717, 1.165) is 43.2 Å². The molecule has 0 saturated carbocycles. The minimum Gasteiger partial charge on any atom is -0.481 e. The van der Waals surface area contributed by atoms with Gasteiger partial charge < -0.3 is 10.1 Å². The van der Waals surface area contributed by atoms with E-state index in [2.05, 4.69) is 22.3 Å². The van der Waals surface area contributed by atoms with E-state index in [-0.39, 0.29) is 11.9 Å². The Kier molecular flexibility index (Phi) is 6.75. The van der Waals surface area contributed by atoms with Gasteiger partial charge in [0.05, 0.1) is 0 Å². The second-order valence-corrected chi connectivity index (χ2v) is 7.70.